The summed E-state index contributed by atoms with van der Waals surface area (Å²) in [6.07, 6.45) is 14.6. The highest BCUT2D eigenvalue weighted by Gasteiger charge is 2.59. The van der Waals surface area contributed by atoms with Crippen molar-refractivity contribution >= 4 is 21.6 Å². The van der Waals surface area contributed by atoms with Gasteiger partial charge in [0.1, 0.15) is 0 Å². The van der Waals surface area contributed by atoms with Crippen LogP contribution in [0.2, 0.25) is 0 Å². The van der Waals surface area contributed by atoms with Crippen LogP contribution in [0.4, 0.5) is 0 Å². The van der Waals surface area contributed by atoms with Crippen molar-refractivity contribution in [2.24, 2.45) is 51.5 Å². The zero-order valence-electron chi connectivity index (χ0n) is 20.0. The lowest BCUT2D eigenvalue weighted by molar-refractivity contribution is -0.0575. The number of rotatable bonds is 5. The van der Waals surface area contributed by atoms with Crippen molar-refractivity contribution < 1.29 is 5.21 Å². The van der Waals surface area contributed by atoms with E-state index in [1.54, 1.807) is 5.57 Å². The van der Waals surface area contributed by atoms with Crippen molar-refractivity contribution in [3.63, 3.8) is 0 Å². The van der Waals surface area contributed by atoms with Crippen LogP contribution in [-0.4, -0.2) is 10.9 Å². The lowest BCUT2D eigenvalue weighted by atomic mass is 9.46. The van der Waals surface area contributed by atoms with Crippen LogP contribution in [0, 0.1) is 46.3 Å². The van der Waals surface area contributed by atoms with Gasteiger partial charge in [-0.2, -0.15) is 0 Å². The van der Waals surface area contributed by atoms with Crippen LogP contribution < -0.4 is 0 Å². The average molecular weight is 479 g/mol. The predicted molar refractivity (Wildman–Crippen MR) is 130 cm³/mol. The Morgan fingerprint density at radius 3 is 2.47 bits per heavy atom. The Morgan fingerprint density at radius 1 is 1.00 bits per heavy atom. The summed E-state index contributed by atoms with van der Waals surface area (Å²) in [5.41, 5.74) is 3.30. The highest BCUT2D eigenvalue weighted by atomic mass is 79.9. The largest absolute Gasteiger partial charge is 0.411 e. The first kappa shape index (κ1) is 22.9. The molecule has 3 fully saturated rings. The van der Waals surface area contributed by atoms with Crippen LogP contribution in [0.1, 0.15) is 105 Å². The monoisotopic (exact) mass is 477 g/mol. The summed E-state index contributed by atoms with van der Waals surface area (Å²) >= 11 is 3.83. The number of oxime groups is 1. The molecule has 0 aromatic rings. The summed E-state index contributed by atoms with van der Waals surface area (Å²) in [5.74, 6) is 5.32. The molecular weight excluding hydrogens is 434 g/mol. The van der Waals surface area contributed by atoms with Gasteiger partial charge >= 0.3 is 0 Å². The Kier molecular flexibility index (Phi) is 6.53. The predicted octanol–water partition coefficient (Wildman–Crippen LogP) is 8.58. The minimum absolute atomic E-state index is 0.304. The van der Waals surface area contributed by atoms with E-state index >= 15 is 0 Å². The van der Waals surface area contributed by atoms with Gasteiger partial charge in [-0.25, -0.2) is 0 Å². The van der Waals surface area contributed by atoms with E-state index in [0.717, 1.165) is 58.5 Å². The van der Waals surface area contributed by atoms with Crippen molar-refractivity contribution in [3.05, 3.63) is 10.1 Å². The Morgan fingerprint density at radius 2 is 1.77 bits per heavy atom. The quantitative estimate of drug-likeness (QED) is 0.311. The molecule has 0 spiro atoms. The van der Waals surface area contributed by atoms with Gasteiger partial charge in [-0.3, -0.25) is 0 Å². The minimum atomic E-state index is 0.304. The van der Waals surface area contributed by atoms with E-state index in [-0.39, 0.29) is 0 Å². The summed E-state index contributed by atoms with van der Waals surface area (Å²) in [7, 11) is 0. The molecular formula is C27H44BrNO. The molecule has 0 saturated heterocycles. The van der Waals surface area contributed by atoms with Crippen LogP contribution in [-0.2, 0) is 0 Å². The lowest BCUT2D eigenvalue weighted by Crippen LogP contribution is -2.51. The molecule has 1 N–H and O–H groups in total. The van der Waals surface area contributed by atoms with Crippen LogP contribution in [0.25, 0.3) is 0 Å². The van der Waals surface area contributed by atoms with E-state index in [9.17, 15) is 5.21 Å². The molecule has 4 aliphatic rings. The van der Waals surface area contributed by atoms with Gasteiger partial charge in [0.2, 0.25) is 0 Å². The molecule has 0 heterocycles. The van der Waals surface area contributed by atoms with Gasteiger partial charge in [0.25, 0.3) is 0 Å². The Hall–Kier alpha value is -0.310. The first-order chi connectivity index (χ1) is 14.2. The van der Waals surface area contributed by atoms with Gasteiger partial charge in [0, 0.05) is 4.48 Å². The van der Waals surface area contributed by atoms with E-state index in [4.69, 9.17) is 0 Å². The third-order valence-electron chi connectivity index (χ3n) is 10.4. The molecule has 7 atom stereocenters. The molecule has 4 rings (SSSR count). The molecule has 3 heteroatoms. The van der Waals surface area contributed by atoms with Crippen molar-refractivity contribution in [2.45, 2.75) is 105 Å². The molecule has 3 saturated carbocycles. The molecule has 0 unspecified atom stereocenters. The molecule has 0 aromatic heterocycles. The maximum atomic E-state index is 9.42. The fraction of sp³-hybridized carbons (Fsp3) is 0.889. The topological polar surface area (TPSA) is 32.6 Å². The van der Waals surface area contributed by atoms with E-state index < -0.39 is 0 Å². The number of nitrogens with zero attached hydrogens (tertiary/aromatic N) is 1. The van der Waals surface area contributed by atoms with Crippen LogP contribution >= 0.6 is 15.9 Å². The first-order valence-electron chi connectivity index (χ1n) is 12.8. The summed E-state index contributed by atoms with van der Waals surface area (Å²) in [6, 6.07) is 0. The second kappa shape index (κ2) is 8.56. The highest BCUT2D eigenvalue weighted by Crippen LogP contribution is 2.68. The number of halogens is 1. The van der Waals surface area contributed by atoms with Gasteiger partial charge in [-0.1, -0.05) is 59.0 Å². The standard InChI is InChI=1S/C27H44BrNO/c1-17(2)7-6-8-18(3)20-11-12-21-19-9-10-23-25(28)24(29-30)14-16-27(23,5)22(19)13-15-26(20,21)4/h17-22,30H,6-16H2,1-5H3/b29-24-/t18-,19+,20-,21+,22+,26-,27-/m1/s1. The number of fused-ring (bicyclic) bond motifs is 5. The SMILES string of the molecule is CC(C)CCC[C@@H](C)[C@H]1CC[C@H]2[C@@H]3CCC4=C(Br)/C(=N\O)CC[C@]4(C)[C@H]3CC[C@]12C. The molecule has 4 aliphatic carbocycles. The fourth-order valence-corrected chi connectivity index (χ4v) is 9.71. The first-order valence-corrected chi connectivity index (χ1v) is 13.6. The van der Waals surface area contributed by atoms with Crippen molar-refractivity contribution in [3.8, 4) is 0 Å². The summed E-state index contributed by atoms with van der Waals surface area (Å²) in [4.78, 5) is 0. The normalized spacial score (nSPS) is 43.5. The zero-order chi connectivity index (χ0) is 21.7. The van der Waals surface area contributed by atoms with Gasteiger partial charge in [0.05, 0.1) is 5.71 Å². The lowest BCUT2D eigenvalue weighted by Gasteiger charge is -2.59. The number of hydrogen-bond acceptors (Lipinski definition) is 2. The zero-order valence-corrected chi connectivity index (χ0v) is 21.6. The van der Waals surface area contributed by atoms with Gasteiger partial charge in [-0.05, 0) is 119 Å². The molecule has 170 valence electrons. The Balaban J connectivity index is 1.52. The third kappa shape index (κ3) is 3.63. The molecule has 0 amide bonds. The maximum absolute atomic E-state index is 9.42. The average Bonchev–Trinajstić information content (AvgIpc) is 3.05. The summed E-state index contributed by atoms with van der Waals surface area (Å²) in [6.45, 7) is 12.5. The van der Waals surface area contributed by atoms with Crippen LogP contribution in [0.15, 0.2) is 15.2 Å². The van der Waals surface area contributed by atoms with Crippen molar-refractivity contribution in [1.82, 2.24) is 0 Å². The molecule has 0 aromatic carbocycles. The molecule has 0 bridgehead atoms. The van der Waals surface area contributed by atoms with E-state index in [1.807, 2.05) is 0 Å². The Bertz CT molecular complexity index is 712. The maximum Gasteiger partial charge on any atom is 0.0937 e. The van der Waals surface area contributed by atoms with E-state index in [2.05, 4.69) is 55.7 Å². The molecule has 0 radical (unpaired) electrons. The number of hydrogen-bond donors (Lipinski definition) is 1. The van der Waals surface area contributed by atoms with E-state index in [0.29, 0.717) is 10.8 Å². The van der Waals surface area contributed by atoms with Crippen molar-refractivity contribution in [2.75, 3.05) is 0 Å². The molecule has 30 heavy (non-hydrogen) atoms. The van der Waals surface area contributed by atoms with Crippen LogP contribution in [0.3, 0.4) is 0 Å². The van der Waals surface area contributed by atoms with Gasteiger partial charge < -0.3 is 5.21 Å². The van der Waals surface area contributed by atoms with Crippen molar-refractivity contribution in [1.29, 1.82) is 0 Å². The third-order valence-corrected chi connectivity index (χ3v) is 11.3. The van der Waals surface area contributed by atoms with E-state index in [1.165, 1.54) is 57.8 Å². The second-order valence-corrected chi connectivity index (χ2v) is 13.0. The smallest absolute Gasteiger partial charge is 0.0937 e. The second-order valence-electron chi connectivity index (χ2n) is 12.2. The summed E-state index contributed by atoms with van der Waals surface area (Å²) < 4.78 is 1.13. The minimum Gasteiger partial charge on any atom is -0.411 e. The van der Waals surface area contributed by atoms with Gasteiger partial charge in [-0.15, -0.1) is 0 Å². The summed E-state index contributed by atoms with van der Waals surface area (Å²) in [5, 5.41) is 13.0. The molecule has 0 aliphatic heterocycles. The molecule has 2 nitrogen and oxygen atoms in total. The number of allylic oxidation sites excluding steroid dienone is 2. The van der Waals surface area contributed by atoms with Gasteiger partial charge in [0.15, 0.2) is 0 Å². The fourth-order valence-electron chi connectivity index (χ4n) is 8.78. The highest BCUT2D eigenvalue weighted by molar-refractivity contribution is 9.12. The van der Waals surface area contributed by atoms with Crippen LogP contribution in [0.5, 0.6) is 0 Å². The Labute approximate surface area is 193 Å².